The first kappa shape index (κ1) is 11.2. The molecule has 1 aliphatic carbocycles. The summed E-state index contributed by atoms with van der Waals surface area (Å²) in [4.78, 5) is 1.30. The van der Waals surface area contributed by atoms with E-state index in [9.17, 15) is 4.39 Å². The molecule has 1 fully saturated rings. The van der Waals surface area contributed by atoms with Crippen LogP contribution in [0.25, 0.3) is 10.1 Å². The van der Waals surface area contributed by atoms with Gasteiger partial charge in [0.15, 0.2) is 0 Å². The van der Waals surface area contributed by atoms with Gasteiger partial charge >= 0.3 is 0 Å². The summed E-state index contributed by atoms with van der Waals surface area (Å²) < 4.78 is 14.1. The van der Waals surface area contributed by atoms with Gasteiger partial charge in [0.05, 0.1) is 0 Å². The molecule has 3 heteroatoms. The van der Waals surface area contributed by atoms with Crippen LogP contribution in [0, 0.1) is 5.82 Å². The molecule has 2 aromatic rings. The average Bonchev–Trinajstić information content (AvgIpc) is 2.94. The monoisotopic (exact) mass is 249 g/mol. The van der Waals surface area contributed by atoms with E-state index in [4.69, 9.17) is 0 Å². The third kappa shape index (κ3) is 2.50. The zero-order valence-electron chi connectivity index (χ0n) is 9.71. The Labute approximate surface area is 105 Å². The van der Waals surface area contributed by atoms with Crippen molar-refractivity contribution in [3.63, 3.8) is 0 Å². The van der Waals surface area contributed by atoms with Gasteiger partial charge in [0.2, 0.25) is 0 Å². The van der Waals surface area contributed by atoms with E-state index in [1.807, 2.05) is 6.07 Å². The van der Waals surface area contributed by atoms with Crippen LogP contribution in [0.4, 0.5) is 4.39 Å². The molecule has 0 bridgehead atoms. The molecule has 1 aromatic carbocycles. The summed E-state index contributed by atoms with van der Waals surface area (Å²) in [5, 5.41) is 4.74. The Bertz CT molecular complexity index is 514. The van der Waals surface area contributed by atoms with Crippen LogP contribution >= 0.6 is 11.3 Å². The zero-order valence-corrected chi connectivity index (χ0v) is 10.5. The quantitative estimate of drug-likeness (QED) is 0.864. The van der Waals surface area contributed by atoms with Gasteiger partial charge in [-0.25, -0.2) is 4.39 Å². The third-order valence-electron chi connectivity index (χ3n) is 3.45. The molecule has 0 amide bonds. The molecule has 3 rings (SSSR count). The van der Waals surface area contributed by atoms with Crippen LogP contribution in [0.5, 0.6) is 0 Å². The van der Waals surface area contributed by atoms with E-state index < -0.39 is 0 Å². The van der Waals surface area contributed by atoms with E-state index in [0.717, 1.165) is 16.6 Å². The first-order valence-electron chi connectivity index (χ1n) is 6.22. The van der Waals surface area contributed by atoms with Gasteiger partial charge in [-0.1, -0.05) is 18.9 Å². The van der Waals surface area contributed by atoms with Crippen LogP contribution in [0.2, 0.25) is 0 Å². The summed E-state index contributed by atoms with van der Waals surface area (Å²) in [6.45, 7) is 0.922. The second-order valence-corrected chi connectivity index (χ2v) is 5.93. The van der Waals surface area contributed by atoms with Crippen LogP contribution < -0.4 is 5.32 Å². The summed E-state index contributed by atoms with van der Waals surface area (Å²) in [7, 11) is 0. The largest absolute Gasteiger partial charge is 0.309 e. The van der Waals surface area contributed by atoms with Gasteiger partial charge in [-0.05, 0) is 36.4 Å². The summed E-state index contributed by atoms with van der Waals surface area (Å²) >= 11 is 1.69. The van der Waals surface area contributed by atoms with Crippen molar-refractivity contribution >= 4 is 21.4 Å². The van der Waals surface area contributed by atoms with E-state index in [1.165, 1.54) is 36.6 Å². The molecule has 0 saturated heterocycles. The minimum atomic E-state index is -0.144. The Kier molecular flexibility index (Phi) is 3.12. The Morgan fingerprint density at radius 3 is 2.88 bits per heavy atom. The summed E-state index contributed by atoms with van der Waals surface area (Å²) in [5.74, 6) is -0.144. The van der Waals surface area contributed by atoms with E-state index in [2.05, 4.69) is 11.4 Å². The average molecular weight is 249 g/mol. The third-order valence-corrected chi connectivity index (χ3v) is 4.55. The van der Waals surface area contributed by atoms with E-state index in [1.54, 1.807) is 17.4 Å². The van der Waals surface area contributed by atoms with Crippen LogP contribution in [0.15, 0.2) is 24.3 Å². The normalized spacial score (nSPS) is 17.0. The van der Waals surface area contributed by atoms with E-state index >= 15 is 0 Å². The molecule has 0 atom stereocenters. The molecule has 0 spiro atoms. The van der Waals surface area contributed by atoms with Gasteiger partial charge < -0.3 is 5.32 Å². The molecule has 90 valence electrons. The topological polar surface area (TPSA) is 12.0 Å². The van der Waals surface area contributed by atoms with Crippen molar-refractivity contribution in [2.75, 3.05) is 0 Å². The second kappa shape index (κ2) is 4.75. The van der Waals surface area contributed by atoms with Gasteiger partial charge in [0.1, 0.15) is 5.82 Å². The number of thiophene rings is 1. The lowest BCUT2D eigenvalue weighted by Gasteiger charge is -2.09. The van der Waals surface area contributed by atoms with Gasteiger partial charge in [-0.15, -0.1) is 11.3 Å². The van der Waals surface area contributed by atoms with Crippen molar-refractivity contribution in [1.82, 2.24) is 5.32 Å². The molecular formula is C14H16FNS. The van der Waals surface area contributed by atoms with Crippen molar-refractivity contribution in [2.45, 2.75) is 38.3 Å². The highest BCUT2D eigenvalue weighted by atomic mass is 32.1. The molecule has 0 aliphatic heterocycles. The van der Waals surface area contributed by atoms with E-state index in [-0.39, 0.29) is 5.82 Å². The predicted molar refractivity (Wildman–Crippen MR) is 70.9 cm³/mol. The van der Waals surface area contributed by atoms with Crippen molar-refractivity contribution in [3.05, 3.63) is 35.0 Å². The van der Waals surface area contributed by atoms with Crippen molar-refractivity contribution < 1.29 is 4.39 Å². The Hall–Kier alpha value is -0.930. The molecule has 17 heavy (non-hydrogen) atoms. The van der Waals surface area contributed by atoms with Gasteiger partial charge in [0, 0.05) is 22.2 Å². The lowest BCUT2D eigenvalue weighted by atomic mass is 10.2. The van der Waals surface area contributed by atoms with Crippen LogP contribution in [0.3, 0.4) is 0 Å². The highest BCUT2D eigenvalue weighted by molar-refractivity contribution is 7.19. The lowest BCUT2D eigenvalue weighted by Crippen LogP contribution is -2.24. The lowest BCUT2D eigenvalue weighted by molar-refractivity contribution is 0.527. The number of nitrogens with one attached hydrogen (secondary N) is 1. The fourth-order valence-corrected chi connectivity index (χ4v) is 3.56. The maximum absolute atomic E-state index is 13.1. The second-order valence-electron chi connectivity index (χ2n) is 4.76. The molecule has 0 radical (unpaired) electrons. The van der Waals surface area contributed by atoms with Crippen LogP contribution in [0.1, 0.15) is 30.6 Å². The SMILES string of the molecule is Fc1ccc2cc(CNC3CCCC3)sc2c1. The maximum atomic E-state index is 13.1. The van der Waals surface area contributed by atoms with Crippen molar-refractivity contribution in [2.24, 2.45) is 0 Å². The predicted octanol–water partition coefficient (Wildman–Crippen LogP) is 4.07. The van der Waals surface area contributed by atoms with Crippen LogP contribution in [-0.4, -0.2) is 6.04 Å². The minimum absolute atomic E-state index is 0.144. The minimum Gasteiger partial charge on any atom is -0.309 e. The Morgan fingerprint density at radius 1 is 1.24 bits per heavy atom. The number of rotatable bonds is 3. The molecule has 1 nitrogen and oxygen atoms in total. The summed E-state index contributed by atoms with van der Waals surface area (Å²) in [6, 6.07) is 7.88. The first-order chi connectivity index (χ1) is 8.31. The summed E-state index contributed by atoms with van der Waals surface area (Å²) in [6.07, 6.45) is 5.32. The maximum Gasteiger partial charge on any atom is 0.124 e. The molecule has 1 aliphatic rings. The fourth-order valence-electron chi connectivity index (χ4n) is 2.52. The first-order valence-corrected chi connectivity index (χ1v) is 7.04. The molecule has 1 heterocycles. The zero-order chi connectivity index (χ0) is 11.7. The summed E-state index contributed by atoms with van der Waals surface area (Å²) in [5.41, 5.74) is 0. The Balaban J connectivity index is 1.72. The highest BCUT2D eigenvalue weighted by Crippen LogP contribution is 2.27. The van der Waals surface area contributed by atoms with E-state index in [0.29, 0.717) is 6.04 Å². The number of hydrogen-bond donors (Lipinski definition) is 1. The number of fused-ring (bicyclic) bond motifs is 1. The molecule has 0 unspecified atom stereocenters. The number of halogens is 1. The van der Waals surface area contributed by atoms with Gasteiger partial charge in [-0.3, -0.25) is 0 Å². The molecule has 1 aromatic heterocycles. The fraction of sp³-hybridized carbons (Fsp3) is 0.429. The molecule has 1 N–H and O–H groups in total. The van der Waals surface area contributed by atoms with Crippen LogP contribution in [-0.2, 0) is 6.54 Å². The van der Waals surface area contributed by atoms with Gasteiger partial charge in [0.25, 0.3) is 0 Å². The smallest absolute Gasteiger partial charge is 0.124 e. The Morgan fingerprint density at radius 2 is 2.06 bits per heavy atom. The molecular weight excluding hydrogens is 233 g/mol. The van der Waals surface area contributed by atoms with Crippen molar-refractivity contribution in [1.29, 1.82) is 0 Å². The standard InChI is InChI=1S/C14H16FNS/c15-11-6-5-10-7-13(17-14(10)8-11)9-16-12-3-1-2-4-12/h5-8,12,16H,1-4,9H2. The highest BCUT2D eigenvalue weighted by Gasteiger charge is 2.14. The van der Waals surface area contributed by atoms with Gasteiger partial charge in [-0.2, -0.15) is 0 Å². The van der Waals surface area contributed by atoms with Crippen molar-refractivity contribution in [3.8, 4) is 0 Å². The number of hydrogen-bond acceptors (Lipinski definition) is 2. The number of benzene rings is 1. The molecule has 1 saturated carbocycles.